The van der Waals surface area contributed by atoms with E-state index in [0.29, 0.717) is 18.0 Å². The Bertz CT molecular complexity index is 422. The molecule has 0 aliphatic rings. The van der Waals surface area contributed by atoms with Crippen molar-refractivity contribution in [2.24, 2.45) is 5.73 Å². The minimum atomic E-state index is 0.172. The Labute approximate surface area is 81.2 Å². The topological polar surface area (TPSA) is 81.1 Å². The molecule has 2 heterocycles. The number of hydrogen-bond donors (Lipinski definition) is 2. The number of hydrogen-bond acceptors (Lipinski definition) is 5. The summed E-state index contributed by atoms with van der Waals surface area (Å²) in [6, 6.07) is 0.172. The van der Waals surface area contributed by atoms with Crippen LogP contribution in [-0.4, -0.2) is 32.2 Å². The van der Waals surface area contributed by atoms with Gasteiger partial charge in [0.05, 0.1) is 0 Å². The lowest BCUT2D eigenvalue weighted by Crippen LogP contribution is -2.25. The Kier molecular flexibility index (Phi) is 2.28. The van der Waals surface area contributed by atoms with Crippen LogP contribution in [0.4, 0.5) is 5.82 Å². The summed E-state index contributed by atoms with van der Waals surface area (Å²) in [5.74, 6) is 0.711. The fraction of sp³-hybridized carbons (Fsp3) is 0.375. The van der Waals surface area contributed by atoms with Gasteiger partial charge in [0.2, 0.25) is 5.65 Å². The first-order chi connectivity index (χ1) is 6.81. The molecule has 2 aromatic rings. The SMILES string of the molecule is CC(CN)Nc1nccn2cnnc12. The zero-order valence-corrected chi connectivity index (χ0v) is 7.88. The van der Waals surface area contributed by atoms with Crippen molar-refractivity contribution < 1.29 is 0 Å². The van der Waals surface area contributed by atoms with Gasteiger partial charge in [-0.1, -0.05) is 0 Å². The summed E-state index contributed by atoms with van der Waals surface area (Å²) in [4.78, 5) is 4.18. The van der Waals surface area contributed by atoms with Gasteiger partial charge in [0, 0.05) is 25.0 Å². The van der Waals surface area contributed by atoms with Crippen LogP contribution in [0.25, 0.3) is 5.65 Å². The average Bonchev–Trinajstić information content (AvgIpc) is 2.66. The van der Waals surface area contributed by atoms with E-state index < -0.39 is 0 Å². The minimum Gasteiger partial charge on any atom is -0.363 e. The second-order valence-electron chi connectivity index (χ2n) is 3.12. The average molecular weight is 192 g/mol. The van der Waals surface area contributed by atoms with E-state index in [1.807, 2.05) is 6.92 Å². The largest absolute Gasteiger partial charge is 0.363 e. The molecule has 0 aromatic carbocycles. The van der Waals surface area contributed by atoms with Gasteiger partial charge in [0.15, 0.2) is 5.82 Å². The molecule has 6 nitrogen and oxygen atoms in total. The van der Waals surface area contributed by atoms with Crippen molar-refractivity contribution in [2.75, 3.05) is 11.9 Å². The summed E-state index contributed by atoms with van der Waals surface area (Å²) in [6.07, 6.45) is 5.13. The third kappa shape index (κ3) is 1.51. The molecule has 0 fully saturated rings. The predicted octanol–water partition coefficient (Wildman–Crippen LogP) is -0.117. The number of nitrogens with two attached hydrogens (primary N) is 1. The zero-order valence-electron chi connectivity index (χ0n) is 7.88. The van der Waals surface area contributed by atoms with Crippen LogP contribution in [0.5, 0.6) is 0 Å². The molecule has 3 N–H and O–H groups in total. The van der Waals surface area contributed by atoms with Gasteiger partial charge in [-0.05, 0) is 6.92 Å². The number of fused-ring (bicyclic) bond motifs is 1. The summed E-state index contributed by atoms with van der Waals surface area (Å²) in [5.41, 5.74) is 6.22. The monoisotopic (exact) mass is 192 g/mol. The Morgan fingerprint density at radius 3 is 3.29 bits per heavy atom. The molecule has 2 aromatic heterocycles. The molecule has 0 aliphatic carbocycles. The molecule has 14 heavy (non-hydrogen) atoms. The van der Waals surface area contributed by atoms with Gasteiger partial charge in [-0.15, -0.1) is 10.2 Å². The molecular weight excluding hydrogens is 180 g/mol. The number of rotatable bonds is 3. The molecule has 0 aliphatic heterocycles. The molecule has 1 atom stereocenters. The van der Waals surface area contributed by atoms with Crippen LogP contribution in [0.1, 0.15) is 6.92 Å². The van der Waals surface area contributed by atoms with Gasteiger partial charge in [-0.2, -0.15) is 0 Å². The number of nitrogens with one attached hydrogen (secondary N) is 1. The van der Waals surface area contributed by atoms with Crippen LogP contribution in [0.15, 0.2) is 18.7 Å². The smallest absolute Gasteiger partial charge is 0.203 e. The van der Waals surface area contributed by atoms with Crippen LogP contribution >= 0.6 is 0 Å². The second kappa shape index (κ2) is 3.59. The minimum absolute atomic E-state index is 0.172. The van der Waals surface area contributed by atoms with Crippen LogP contribution in [0.3, 0.4) is 0 Å². The first-order valence-electron chi connectivity index (χ1n) is 4.42. The van der Waals surface area contributed by atoms with Crippen LogP contribution in [0.2, 0.25) is 0 Å². The van der Waals surface area contributed by atoms with E-state index in [2.05, 4.69) is 20.5 Å². The van der Waals surface area contributed by atoms with Crippen LogP contribution < -0.4 is 11.1 Å². The maximum Gasteiger partial charge on any atom is 0.203 e. The maximum atomic E-state index is 5.51. The van der Waals surface area contributed by atoms with Gasteiger partial charge in [0.1, 0.15) is 6.33 Å². The van der Waals surface area contributed by atoms with E-state index in [0.717, 1.165) is 0 Å². The molecule has 0 bridgehead atoms. The fourth-order valence-corrected chi connectivity index (χ4v) is 1.15. The number of anilines is 1. The lowest BCUT2D eigenvalue weighted by atomic mass is 10.3. The first kappa shape index (κ1) is 8.89. The number of aromatic nitrogens is 4. The Balaban J connectivity index is 2.36. The van der Waals surface area contributed by atoms with Crippen LogP contribution in [0, 0.1) is 0 Å². The van der Waals surface area contributed by atoms with E-state index in [9.17, 15) is 0 Å². The molecule has 0 saturated heterocycles. The normalized spacial score (nSPS) is 13.0. The second-order valence-corrected chi connectivity index (χ2v) is 3.12. The molecule has 0 saturated carbocycles. The summed E-state index contributed by atoms with van der Waals surface area (Å²) in [6.45, 7) is 2.54. The molecule has 74 valence electrons. The standard InChI is InChI=1S/C8H12N6/c1-6(4-9)12-7-8-13-11-5-14(8)3-2-10-7/h2-3,5-6H,4,9H2,1H3,(H,10,12). The van der Waals surface area contributed by atoms with Crippen LogP contribution in [-0.2, 0) is 0 Å². The molecule has 2 rings (SSSR count). The van der Waals surface area contributed by atoms with E-state index in [4.69, 9.17) is 5.73 Å². The van der Waals surface area contributed by atoms with E-state index in [-0.39, 0.29) is 6.04 Å². The van der Waals surface area contributed by atoms with Gasteiger partial charge in [-0.25, -0.2) is 4.98 Å². The fourth-order valence-electron chi connectivity index (χ4n) is 1.15. The van der Waals surface area contributed by atoms with E-state index in [1.54, 1.807) is 23.1 Å². The highest BCUT2D eigenvalue weighted by Gasteiger charge is 2.06. The van der Waals surface area contributed by atoms with Crippen molar-refractivity contribution in [2.45, 2.75) is 13.0 Å². The summed E-state index contributed by atoms with van der Waals surface area (Å²) < 4.78 is 1.80. The highest BCUT2D eigenvalue weighted by molar-refractivity contribution is 5.61. The van der Waals surface area contributed by atoms with Gasteiger partial charge >= 0.3 is 0 Å². The Morgan fingerprint density at radius 2 is 2.50 bits per heavy atom. The molecular formula is C8H12N6. The molecule has 0 radical (unpaired) electrons. The quantitative estimate of drug-likeness (QED) is 0.708. The third-order valence-electron chi connectivity index (χ3n) is 1.95. The lowest BCUT2D eigenvalue weighted by Gasteiger charge is -2.11. The van der Waals surface area contributed by atoms with Crippen molar-refractivity contribution in [3.8, 4) is 0 Å². The number of nitrogens with zero attached hydrogens (tertiary/aromatic N) is 4. The van der Waals surface area contributed by atoms with Crippen molar-refractivity contribution >= 4 is 11.5 Å². The molecule has 1 unspecified atom stereocenters. The Morgan fingerprint density at radius 1 is 1.64 bits per heavy atom. The summed E-state index contributed by atoms with van der Waals surface area (Å²) >= 11 is 0. The Hall–Kier alpha value is -1.69. The van der Waals surface area contributed by atoms with Gasteiger partial charge in [-0.3, -0.25) is 4.40 Å². The zero-order chi connectivity index (χ0) is 9.97. The third-order valence-corrected chi connectivity index (χ3v) is 1.95. The highest BCUT2D eigenvalue weighted by atomic mass is 15.2. The lowest BCUT2D eigenvalue weighted by molar-refractivity contribution is 0.797. The maximum absolute atomic E-state index is 5.51. The van der Waals surface area contributed by atoms with Crippen molar-refractivity contribution in [1.29, 1.82) is 0 Å². The van der Waals surface area contributed by atoms with Gasteiger partial charge in [0.25, 0.3) is 0 Å². The van der Waals surface area contributed by atoms with Crippen molar-refractivity contribution in [3.05, 3.63) is 18.7 Å². The highest BCUT2D eigenvalue weighted by Crippen LogP contribution is 2.10. The molecule has 0 amide bonds. The van der Waals surface area contributed by atoms with Gasteiger partial charge < -0.3 is 11.1 Å². The van der Waals surface area contributed by atoms with Crippen molar-refractivity contribution in [3.63, 3.8) is 0 Å². The summed E-state index contributed by atoms with van der Waals surface area (Å²) in [7, 11) is 0. The predicted molar refractivity (Wildman–Crippen MR) is 52.9 cm³/mol. The molecule has 0 spiro atoms. The molecule has 6 heteroatoms. The van der Waals surface area contributed by atoms with E-state index >= 15 is 0 Å². The summed E-state index contributed by atoms with van der Waals surface area (Å²) in [5, 5.41) is 10.9. The first-order valence-corrected chi connectivity index (χ1v) is 4.42. The van der Waals surface area contributed by atoms with Crippen molar-refractivity contribution in [1.82, 2.24) is 19.6 Å². The van der Waals surface area contributed by atoms with E-state index in [1.165, 1.54) is 0 Å².